The number of aromatic nitrogens is 2. The van der Waals surface area contributed by atoms with Gasteiger partial charge in [-0.05, 0) is 49.9 Å². The zero-order valence-electron chi connectivity index (χ0n) is 14.1. The summed E-state index contributed by atoms with van der Waals surface area (Å²) >= 11 is 0. The highest BCUT2D eigenvalue weighted by molar-refractivity contribution is 5.92. The Bertz CT molecular complexity index is 720. The molecular formula is C18H22N4O3. The minimum Gasteiger partial charge on any atom is -0.381 e. The van der Waals surface area contributed by atoms with Gasteiger partial charge < -0.3 is 14.6 Å². The predicted molar refractivity (Wildman–Crippen MR) is 92.5 cm³/mol. The van der Waals surface area contributed by atoms with Gasteiger partial charge in [0.05, 0.1) is 0 Å². The highest BCUT2D eigenvalue weighted by Gasteiger charge is 2.22. The van der Waals surface area contributed by atoms with Crippen LogP contribution in [0.5, 0.6) is 0 Å². The number of hydrogen-bond donors (Lipinski definition) is 1. The van der Waals surface area contributed by atoms with Crippen molar-refractivity contribution in [3.8, 4) is 11.4 Å². The molecule has 1 unspecified atom stereocenters. The molecule has 2 fully saturated rings. The van der Waals surface area contributed by atoms with Crippen LogP contribution >= 0.6 is 0 Å². The molecule has 1 atom stereocenters. The topological polar surface area (TPSA) is 80.5 Å². The van der Waals surface area contributed by atoms with Crippen LogP contribution in [0.1, 0.15) is 37.5 Å². The number of ether oxygens (including phenoxy) is 1. The highest BCUT2D eigenvalue weighted by Crippen LogP contribution is 2.28. The standard InChI is InChI=1S/C18H22N4O3/c23-18-19-9-2-10-22(18)15-6-4-13(5-7-15)16-20-17(25-21-16)14-3-1-11-24-12-8-14/h4-7,14H,1-3,8-12H2,(H,19,23). The van der Waals surface area contributed by atoms with E-state index in [1.165, 1.54) is 0 Å². The monoisotopic (exact) mass is 342 g/mol. The molecule has 0 spiro atoms. The first-order chi connectivity index (χ1) is 12.3. The van der Waals surface area contributed by atoms with Crippen molar-refractivity contribution < 1.29 is 14.1 Å². The fourth-order valence-electron chi connectivity index (χ4n) is 3.34. The van der Waals surface area contributed by atoms with E-state index in [0.29, 0.717) is 11.7 Å². The largest absolute Gasteiger partial charge is 0.381 e. The third kappa shape index (κ3) is 3.51. The number of carbonyl (C=O) groups is 1. The molecule has 25 heavy (non-hydrogen) atoms. The van der Waals surface area contributed by atoms with Crippen LogP contribution in [0.15, 0.2) is 28.8 Å². The van der Waals surface area contributed by atoms with Gasteiger partial charge in [-0.2, -0.15) is 4.98 Å². The number of amides is 2. The van der Waals surface area contributed by atoms with Gasteiger partial charge in [0.15, 0.2) is 0 Å². The molecule has 1 aromatic heterocycles. The number of urea groups is 1. The van der Waals surface area contributed by atoms with Crippen molar-refractivity contribution in [3.63, 3.8) is 0 Å². The average molecular weight is 342 g/mol. The minimum absolute atomic E-state index is 0.0450. The number of nitrogens with zero attached hydrogens (tertiary/aromatic N) is 3. The molecule has 2 aliphatic rings. The Morgan fingerprint density at radius 2 is 2.00 bits per heavy atom. The Morgan fingerprint density at radius 3 is 2.84 bits per heavy atom. The summed E-state index contributed by atoms with van der Waals surface area (Å²) in [6.07, 6.45) is 3.91. The highest BCUT2D eigenvalue weighted by atomic mass is 16.5. The summed E-state index contributed by atoms with van der Waals surface area (Å²) in [5, 5.41) is 6.99. The molecule has 2 aromatic rings. The second-order valence-corrected chi connectivity index (χ2v) is 6.48. The Kier molecular flexibility index (Phi) is 4.65. The van der Waals surface area contributed by atoms with Crippen LogP contribution in [-0.4, -0.2) is 42.5 Å². The lowest BCUT2D eigenvalue weighted by atomic mass is 10.0. The summed E-state index contributed by atoms with van der Waals surface area (Å²) in [4.78, 5) is 18.2. The molecule has 4 rings (SSSR count). The minimum atomic E-state index is -0.0450. The smallest absolute Gasteiger partial charge is 0.321 e. The first kappa shape index (κ1) is 16.1. The zero-order valence-corrected chi connectivity index (χ0v) is 14.1. The third-order valence-electron chi connectivity index (χ3n) is 4.76. The maximum absolute atomic E-state index is 11.9. The average Bonchev–Trinajstić information content (AvgIpc) is 2.98. The molecule has 2 aliphatic heterocycles. The van der Waals surface area contributed by atoms with Crippen LogP contribution < -0.4 is 10.2 Å². The van der Waals surface area contributed by atoms with Gasteiger partial charge in [0.2, 0.25) is 11.7 Å². The SMILES string of the molecule is O=C1NCCCN1c1ccc(-c2noc(C3CCCOCC3)n2)cc1. The quantitative estimate of drug-likeness (QED) is 0.927. The van der Waals surface area contributed by atoms with Gasteiger partial charge in [-0.1, -0.05) is 5.16 Å². The number of carbonyl (C=O) groups excluding carboxylic acids is 1. The van der Waals surface area contributed by atoms with Crippen LogP contribution in [0.4, 0.5) is 10.5 Å². The first-order valence-corrected chi connectivity index (χ1v) is 8.88. The van der Waals surface area contributed by atoms with Crippen molar-refractivity contribution in [1.29, 1.82) is 0 Å². The van der Waals surface area contributed by atoms with Crippen molar-refractivity contribution in [2.24, 2.45) is 0 Å². The van der Waals surface area contributed by atoms with E-state index in [9.17, 15) is 4.79 Å². The van der Waals surface area contributed by atoms with Crippen molar-refractivity contribution in [2.45, 2.75) is 31.6 Å². The van der Waals surface area contributed by atoms with Crippen molar-refractivity contribution in [3.05, 3.63) is 30.2 Å². The van der Waals surface area contributed by atoms with E-state index in [1.54, 1.807) is 4.90 Å². The molecule has 2 saturated heterocycles. The summed E-state index contributed by atoms with van der Waals surface area (Å²) < 4.78 is 11.0. The number of rotatable bonds is 3. The lowest BCUT2D eigenvalue weighted by Gasteiger charge is -2.27. The normalized spacial score (nSPS) is 21.7. The molecule has 0 saturated carbocycles. The van der Waals surface area contributed by atoms with E-state index in [4.69, 9.17) is 9.26 Å². The number of anilines is 1. The van der Waals surface area contributed by atoms with Gasteiger partial charge in [-0.3, -0.25) is 4.90 Å². The Morgan fingerprint density at radius 1 is 1.12 bits per heavy atom. The zero-order chi connectivity index (χ0) is 17.1. The molecule has 132 valence electrons. The summed E-state index contributed by atoms with van der Waals surface area (Å²) in [5.41, 5.74) is 1.77. The van der Waals surface area contributed by atoms with Crippen molar-refractivity contribution in [2.75, 3.05) is 31.2 Å². The molecule has 1 aromatic carbocycles. The summed E-state index contributed by atoms with van der Waals surface area (Å²) in [5.74, 6) is 1.56. The maximum atomic E-state index is 11.9. The van der Waals surface area contributed by atoms with Gasteiger partial charge in [0.1, 0.15) is 0 Å². The van der Waals surface area contributed by atoms with Crippen molar-refractivity contribution >= 4 is 11.7 Å². The van der Waals surface area contributed by atoms with Crippen LogP contribution in [-0.2, 0) is 4.74 Å². The van der Waals surface area contributed by atoms with Crippen molar-refractivity contribution in [1.82, 2.24) is 15.5 Å². The van der Waals surface area contributed by atoms with E-state index in [-0.39, 0.29) is 11.9 Å². The van der Waals surface area contributed by atoms with Gasteiger partial charge in [-0.15, -0.1) is 0 Å². The fourth-order valence-corrected chi connectivity index (χ4v) is 3.34. The number of hydrogen-bond acceptors (Lipinski definition) is 5. The molecule has 7 heteroatoms. The van der Waals surface area contributed by atoms with Crippen LogP contribution in [0.25, 0.3) is 11.4 Å². The van der Waals surface area contributed by atoms with E-state index in [2.05, 4.69) is 15.5 Å². The number of benzene rings is 1. The molecule has 0 radical (unpaired) electrons. The Hall–Kier alpha value is -2.41. The van der Waals surface area contributed by atoms with Crippen LogP contribution in [0.3, 0.4) is 0 Å². The van der Waals surface area contributed by atoms with Gasteiger partial charge in [0, 0.05) is 43.5 Å². The maximum Gasteiger partial charge on any atom is 0.321 e. The molecule has 2 amide bonds. The molecule has 3 heterocycles. The van der Waals surface area contributed by atoms with E-state index in [0.717, 1.165) is 63.2 Å². The number of nitrogens with one attached hydrogen (secondary N) is 1. The summed E-state index contributed by atoms with van der Waals surface area (Å²) in [6.45, 7) is 3.03. The Balaban J connectivity index is 1.49. The van der Waals surface area contributed by atoms with Crippen LogP contribution in [0.2, 0.25) is 0 Å². The fraction of sp³-hybridized carbons (Fsp3) is 0.500. The van der Waals surface area contributed by atoms with E-state index in [1.807, 2.05) is 24.3 Å². The van der Waals surface area contributed by atoms with Gasteiger partial charge in [0.25, 0.3) is 0 Å². The van der Waals surface area contributed by atoms with Crippen LogP contribution in [0, 0.1) is 0 Å². The van der Waals surface area contributed by atoms with E-state index >= 15 is 0 Å². The third-order valence-corrected chi connectivity index (χ3v) is 4.76. The second-order valence-electron chi connectivity index (χ2n) is 6.48. The summed E-state index contributed by atoms with van der Waals surface area (Å²) in [7, 11) is 0. The molecule has 1 N–H and O–H groups in total. The summed E-state index contributed by atoms with van der Waals surface area (Å²) in [6, 6.07) is 7.67. The lowest BCUT2D eigenvalue weighted by molar-refractivity contribution is 0.142. The molecule has 0 bridgehead atoms. The lowest BCUT2D eigenvalue weighted by Crippen LogP contribution is -2.46. The van der Waals surface area contributed by atoms with Gasteiger partial charge >= 0.3 is 6.03 Å². The van der Waals surface area contributed by atoms with Gasteiger partial charge in [-0.25, -0.2) is 4.79 Å². The first-order valence-electron chi connectivity index (χ1n) is 8.88. The van der Waals surface area contributed by atoms with E-state index < -0.39 is 0 Å². The molecular weight excluding hydrogens is 320 g/mol. The Labute approximate surface area is 146 Å². The second kappa shape index (κ2) is 7.23. The predicted octanol–water partition coefficient (Wildman–Crippen LogP) is 2.94. The molecule has 7 nitrogen and oxygen atoms in total. The molecule has 0 aliphatic carbocycles.